The number of urea groups is 1. The molecule has 0 spiro atoms. The third-order valence-electron chi connectivity index (χ3n) is 5.87. The molecule has 4 rings (SSSR count). The van der Waals surface area contributed by atoms with Crippen LogP contribution in [0, 0.1) is 0 Å². The second-order valence-electron chi connectivity index (χ2n) is 8.45. The van der Waals surface area contributed by atoms with Crippen molar-refractivity contribution in [1.29, 1.82) is 0 Å². The van der Waals surface area contributed by atoms with E-state index in [9.17, 15) is 14.4 Å². The number of rotatable bonds is 7. The van der Waals surface area contributed by atoms with Crippen LogP contribution in [0.3, 0.4) is 0 Å². The molecule has 6 heteroatoms. The van der Waals surface area contributed by atoms with Crippen molar-refractivity contribution in [1.82, 2.24) is 10.2 Å². The average molecular weight is 442 g/mol. The fourth-order valence-electron chi connectivity index (χ4n) is 4.34. The molecule has 3 aromatic rings. The highest BCUT2D eigenvalue weighted by atomic mass is 16.2. The van der Waals surface area contributed by atoms with Crippen LogP contribution in [-0.4, -0.2) is 35.3 Å². The molecule has 0 bridgehead atoms. The van der Waals surface area contributed by atoms with Crippen molar-refractivity contribution in [2.45, 2.75) is 31.8 Å². The highest BCUT2D eigenvalue weighted by Crippen LogP contribution is 2.33. The Kier molecular flexibility index (Phi) is 6.27. The van der Waals surface area contributed by atoms with Gasteiger partial charge in [-0.25, -0.2) is 4.79 Å². The first-order valence-electron chi connectivity index (χ1n) is 11.0. The summed E-state index contributed by atoms with van der Waals surface area (Å²) in [5.74, 6) is -0.740. The van der Waals surface area contributed by atoms with E-state index in [-0.39, 0.29) is 18.5 Å². The third kappa shape index (κ3) is 4.37. The molecule has 1 aliphatic heterocycles. The zero-order valence-electron chi connectivity index (χ0n) is 18.8. The number of nitrogens with one attached hydrogen (secondary N) is 1. The Bertz CT molecular complexity index is 1130. The van der Waals surface area contributed by atoms with Gasteiger partial charge in [-0.3, -0.25) is 14.5 Å². The Morgan fingerprint density at radius 3 is 2.00 bits per heavy atom. The number of hydrogen-bond acceptors (Lipinski definition) is 3. The van der Waals surface area contributed by atoms with E-state index >= 15 is 0 Å². The van der Waals surface area contributed by atoms with Gasteiger partial charge in [0.25, 0.3) is 5.91 Å². The number of anilines is 1. The van der Waals surface area contributed by atoms with Crippen LogP contribution in [0.25, 0.3) is 0 Å². The summed E-state index contributed by atoms with van der Waals surface area (Å²) < 4.78 is 0. The molecule has 1 fully saturated rings. The van der Waals surface area contributed by atoms with Gasteiger partial charge in [0, 0.05) is 18.2 Å². The fourth-order valence-corrected chi connectivity index (χ4v) is 4.34. The zero-order valence-corrected chi connectivity index (χ0v) is 18.8. The van der Waals surface area contributed by atoms with Gasteiger partial charge in [0.05, 0.1) is 0 Å². The second kappa shape index (κ2) is 9.28. The van der Waals surface area contributed by atoms with Crippen molar-refractivity contribution >= 4 is 23.5 Å². The molecule has 0 aliphatic carbocycles. The zero-order chi connectivity index (χ0) is 23.4. The van der Waals surface area contributed by atoms with Crippen molar-refractivity contribution < 1.29 is 14.4 Å². The minimum Gasteiger partial charge on any atom is -0.319 e. The predicted molar refractivity (Wildman–Crippen MR) is 128 cm³/mol. The van der Waals surface area contributed by atoms with Gasteiger partial charge in [0.2, 0.25) is 5.91 Å². The SMILES string of the molecule is CC(C)N(C(=O)CN1C(=O)N[C@@](Cc2ccccc2)(c2ccccc2)C1=O)c1ccccc1. The first-order valence-corrected chi connectivity index (χ1v) is 11.0. The van der Waals surface area contributed by atoms with Crippen LogP contribution in [0.5, 0.6) is 0 Å². The molecule has 0 unspecified atom stereocenters. The average Bonchev–Trinajstić information content (AvgIpc) is 3.06. The summed E-state index contributed by atoms with van der Waals surface area (Å²) >= 11 is 0. The van der Waals surface area contributed by atoms with Gasteiger partial charge in [-0.15, -0.1) is 0 Å². The molecule has 168 valence electrons. The van der Waals surface area contributed by atoms with Gasteiger partial charge in [-0.2, -0.15) is 0 Å². The smallest absolute Gasteiger partial charge is 0.319 e. The Hall–Kier alpha value is -3.93. The van der Waals surface area contributed by atoms with Crippen LogP contribution in [0.15, 0.2) is 91.0 Å². The van der Waals surface area contributed by atoms with E-state index < -0.39 is 17.5 Å². The number of nitrogens with zero attached hydrogens (tertiary/aromatic N) is 2. The molecule has 1 atom stereocenters. The molecule has 0 aromatic heterocycles. The lowest BCUT2D eigenvalue weighted by molar-refractivity contribution is -0.134. The minimum atomic E-state index is -1.27. The summed E-state index contributed by atoms with van der Waals surface area (Å²) in [6.07, 6.45) is 0.291. The van der Waals surface area contributed by atoms with Crippen LogP contribution in [-0.2, 0) is 21.5 Å². The molecule has 1 heterocycles. The van der Waals surface area contributed by atoms with Crippen LogP contribution >= 0.6 is 0 Å². The van der Waals surface area contributed by atoms with E-state index in [0.29, 0.717) is 12.0 Å². The maximum atomic E-state index is 13.8. The van der Waals surface area contributed by atoms with Crippen molar-refractivity contribution in [3.8, 4) is 0 Å². The first kappa shape index (κ1) is 22.3. The number of imide groups is 1. The lowest BCUT2D eigenvalue weighted by Crippen LogP contribution is -2.48. The Labute approximate surface area is 193 Å². The molecule has 1 saturated heterocycles. The molecular weight excluding hydrogens is 414 g/mol. The molecule has 4 amide bonds. The van der Waals surface area contributed by atoms with Crippen molar-refractivity contribution in [2.24, 2.45) is 0 Å². The number of amides is 4. The summed E-state index contributed by atoms with van der Waals surface area (Å²) in [7, 11) is 0. The Balaban J connectivity index is 1.66. The van der Waals surface area contributed by atoms with Crippen molar-refractivity contribution in [2.75, 3.05) is 11.4 Å². The second-order valence-corrected chi connectivity index (χ2v) is 8.45. The lowest BCUT2D eigenvalue weighted by atomic mass is 9.83. The van der Waals surface area contributed by atoms with Crippen LogP contribution in [0.4, 0.5) is 10.5 Å². The molecule has 0 saturated carbocycles. The standard InChI is InChI=1S/C27H27N3O3/c1-20(2)30(23-16-10-5-11-17-23)24(31)19-29-25(32)27(28-26(29)33,22-14-8-4-9-15-22)18-21-12-6-3-7-13-21/h3-17,20H,18-19H2,1-2H3,(H,28,33)/t27-/m0/s1. The molecule has 1 N–H and O–H groups in total. The van der Waals surface area contributed by atoms with E-state index in [2.05, 4.69) is 5.32 Å². The molecule has 33 heavy (non-hydrogen) atoms. The predicted octanol–water partition coefficient (Wildman–Crippen LogP) is 4.12. The number of hydrogen-bond donors (Lipinski definition) is 1. The normalized spacial score (nSPS) is 17.8. The summed E-state index contributed by atoms with van der Waals surface area (Å²) in [6.45, 7) is 3.47. The van der Waals surface area contributed by atoms with Crippen molar-refractivity contribution in [3.05, 3.63) is 102 Å². The molecule has 6 nitrogen and oxygen atoms in total. The Morgan fingerprint density at radius 2 is 1.42 bits per heavy atom. The van der Waals surface area contributed by atoms with Gasteiger partial charge in [-0.05, 0) is 37.1 Å². The molecule has 1 aliphatic rings. The van der Waals surface area contributed by atoms with Gasteiger partial charge < -0.3 is 10.2 Å². The monoisotopic (exact) mass is 441 g/mol. The third-order valence-corrected chi connectivity index (χ3v) is 5.87. The van der Waals surface area contributed by atoms with Gasteiger partial charge in [0.1, 0.15) is 6.54 Å². The van der Waals surface area contributed by atoms with Crippen LogP contribution in [0.1, 0.15) is 25.0 Å². The molecule has 0 radical (unpaired) electrons. The fraction of sp³-hybridized carbons (Fsp3) is 0.222. The van der Waals surface area contributed by atoms with Gasteiger partial charge >= 0.3 is 6.03 Å². The van der Waals surface area contributed by atoms with Gasteiger partial charge in [-0.1, -0.05) is 78.9 Å². The van der Waals surface area contributed by atoms with E-state index in [1.807, 2.05) is 105 Å². The highest BCUT2D eigenvalue weighted by molar-refractivity contribution is 6.11. The maximum Gasteiger partial charge on any atom is 0.325 e. The van der Waals surface area contributed by atoms with Crippen LogP contribution < -0.4 is 10.2 Å². The topological polar surface area (TPSA) is 69.7 Å². The number of benzene rings is 3. The number of carbonyl (C=O) groups excluding carboxylic acids is 3. The lowest BCUT2D eigenvalue weighted by Gasteiger charge is -2.29. The van der Waals surface area contributed by atoms with Crippen molar-refractivity contribution in [3.63, 3.8) is 0 Å². The van der Waals surface area contributed by atoms with E-state index in [4.69, 9.17) is 0 Å². The first-order chi connectivity index (χ1) is 15.9. The largest absolute Gasteiger partial charge is 0.325 e. The number of carbonyl (C=O) groups is 3. The number of para-hydroxylation sites is 1. The van der Waals surface area contributed by atoms with E-state index in [1.54, 1.807) is 4.90 Å². The minimum absolute atomic E-state index is 0.135. The summed E-state index contributed by atoms with van der Waals surface area (Å²) in [5.41, 5.74) is 1.06. The quantitative estimate of drug-likeness (QED) is 0.561. The van der Waals surface area contributed by atoms with E-state index in [0.717, 1.165) is 16.2 Å². The van der Waals surface area contributed by atoms with Gasteiger partial charge in [0.15, 0.2) is 5.54 Å². The van der Waals surface area contributed by atoms with Crippen LogP contribution in [0.2, 0.25) is 0 Å². The maximum absolute atomic E-state index is 13.8. The Morgan fingerprint density at radius 1 is 0.879 bits per heavy atom. The summed E-state index contributed by atoms with van der Waals surface area (Å²) in [4.78, 5) is 42.8. The highest BCUT2D eigenvalue weighted by Gasteiger charge is 2.53. The molecule has 3 aromatic carbocycles. The summed E-state index contributed by atoms with van der Waals surface area (Å²) in [5, 5.41) is 2.91. The summed E-state index contributed by atoms with van der Waals surface area (Å²) in [6, 6.07) is 27.3. The van der Waals surface area contributed by atoms with E-state index in [1.165, 1.54) is 0 Å². The molecular formula is C27H27N3O3.